The van der Waals surface area contributed by atoms with E-state index in [1.165, 1.54) is 0 Å². The zero-order valence-corrected chi connectivity index (χ0v) is 12.8. The molecule has 0 saturated carbocycles. The Balaban J connectivity index is 2.00. The second-order valence-electron chi connectivity index (χ2n) is 5.35. The maximum atomic E-state index is 6.00. The van der Waals surface area contributed by atoms with Gasteiger partial charge in [-0.3, -0.25) is 0 Å². The number of hydrogen-bond acceptors (Lipinski definition) is 5. The van der Waals surface area contributed by atoms with Gasteiger partial charge in [-0.25, -0.2) is 0 Å². The largest absolute Gasteiger partial charge is 0.495 e. The zero-order chi connectivity index (χ0) is 16.0. The number of fused-ring (bicyclic) bond motifs is 3. The minimum absolute atomic E-state index is 0.555. The van der Waals surface area contributed by atoms with Crippen molar-refractivity contribution in [1.29, 1.82) is 0 Å². The first-order chi connectivity index (χ1) is 11.2. The number of nitrogens with two attached hydrogens (primary N) is 1. The van der Waals surface area contributed by atoms with Crippen LogP contribution in [0.4, 0.5) is 5.69 Å². The molecule has 0 unspecified atom stereocenters. The van der Waals surface area contributed by atoms with Gasteiger partial charge in [0.25, 0.3) is 0 Å². The zero-order valence-electron chi connectivity index (χ0n) is 12.8. The lowest BCUT2D eigenvalue weighted by Gasteiger charge is -2.07. The third-order valence-corrected chi connectivity index (χ3v) is 3.94. The highest BCUT2D eigenvalue weighted by atomic mass is 16.5. The number of nitrogen functional groups attached to an aromatic ring is 1. The first kappa shape index (κ1) is 13.5. The fourth-order valence-electron chi connectivity index (χ4n) is 2.79. The number of benzene rings is 2. The van der Waals surface area contributed by atoms with Crippen LogP contribution in [-0.4, -0.2) is 26.9 Å². The molecule has 2 heterocycles. The molecule has 0 atom stereocenters. The van der Waals surface area contributed by atoms with Gasteiger partial charge in [0.05, 0.1) is 18.5 Å². The molecule has 2 aromatic heterocycles. The summed E-state index contributed by atoms with van der Waals surface area (Å²) in [7, 11) is 1.59. The van der Waals surface area contributed by atoms with Crippen LogP contribution in [0.25, 0.3) is 27.8 Å². The first-order valence-corrected chi connectivity index (χ1v) is 7.23. The average Bonchev–Trinajstić information content (AvgIpc) is 2.99. The van der Waals surface area contributed by atoms with Gasteiger partial charge in [0.1, 0.15) is 5.75 Å². The quantitative estimate of drug-likeness (QED) is 0.576. The van der Waals surface area contributed by atoms with Crippen LogP contribution in [0.1, 0.15) is 5.69 Å². The Labute approximate surface area is 132 Å². The van der Waals surface area contributed by atoms with Crippen molar-refractivity contribution < 1.29 is 4.74 Å². The Morgan fingerprint density at radius 1 is 1.04 bits per heavy atom. The van der Waals surface area contributed by atoms with E-state index in [2.05, 4.69) is 15.3 Å². The van der Waals surface area contributed by atoms with Gasteiger partial charge < -0.3 is 10.5 Å². The van der Waals surface area contributed by atoms with Crippen molar-refractivity contribution in [2.24, 2.45) is 0 Å². The predicted octanol–water partition coefficient (Wildman–Crippen LogP) is 2.84. The molecule has 0 aliphatic rings. The summed E-state index contributed by atoms with van der Waals surface area (Å²) in [5.74, 6) is 1.29. The highest BCUT2D eigenvalue weighted by molar-refractivity contribution is 5.95. The van der Waals surface area contributed by atoms with E-state index in [9.17, 15) is 0 Å². The fourth-order valence-corrected chi connectivity index (χ4v) is 2.79. The number of anilines is 1. The van der Waals surface area contributed by atoms with Crippen molar-refractivity contribution in [3.63, 3.8) is 0 Å². The summed E-state index contributed by atoms with van der Waals surface area (Å²) in [5.41, 5.74) is 9.06. The maximum absolute atomic E-state index is 6.00. The normalized spacial score (nSPS) is 11.2. The highest BCUT2D eigenvalue weighted by Crippen LogP contribution is 2.29. The van der Waals surface area contributed by atoms with Crippen LogP contribution in [-0.2, 0) is 0 Å². The first-order valence-electron chi connectivity index (χ1n) is 7.23. The van der Waals surface area contributed by atoms with E-state index in [0.717, 1.165) is 27.7 Å². The summed E-state index contributed by atoms with van der Waals surface area (Å²) < 4.78 is 6.96. The molecular formula is C17H15N5O. The Morgan fingerprint density at radius 2 is 1.83 bits per heavy atom. The van der Waals surface area contributed by atoms with Crippen LogP contribution in [0.5, 0.6) is 5.75 Å². The maximum Gasteiger partial charge on any atom is 0.186 e. The van der Waals surface area contributed by atoms with Crippen LogP contribution in [0.3, 0.4) is 0 Å². The molecule has 6 nitrogen and oxygen atoms in total. The van der Waals surface area contributed by atoms with Crippen LogP contribution >= 0.6 is 0 Å². The van der Waals surface area contributed by atoms with Gasteiger partial charge in [-0.2, -0.15) is 9.61 Å². The molecule has 23 heavy (non-hydrogen) atoms. The lowest BCUT2D eigenvalue weighted by Crippen LogP contribution is -1.99. The number of aryl methyl sites for hydroxylation is 1. The molecule has 0 spiro atoms. The van der Waals surface area contributed by atoms with Gasteiger partial charge in [0.2, 0.25) is 0 Å². The minimum atomic E-state index is 0.555. The average molecular weight is 305 g/mol. The molecule has 0 aliphatic heterocycles. The predicted molar refractivity (Wildman–Crippen MR) is 89.4 cm³/mol. The van der Waals surface area contributed by atoms with Gasteiger partial charge in [0.15, 0.2) is 11.5 Å². The Morgan fingerprint density at radius 3 is 2.57 bits per heavy atom. The van der Waals surface area contributed by atoms with Crippen molar-refractivity contribution in [2.45, 2.75) is 6.92 Å². The van der Waals surface area contributed by atoms with Gasteiger partial charge in [-0.1, -0.05) is 24.3 Å². The molecule has 2 N–H and O–H groups in total. The lowest BCUT2D eigenvalue weighted by atomic mass is 10.1. The molecule has 4 rings (SSSR count). The van der Waals surface area contributed by atoms with Gasteiger partial charge in [-0.15, -0.1) is 10.2 Å². The van der Waals surface area contributed by atoms with Crippen LogP contribution in [0.15, 0.2) is 42.5 Å². The van der Waals surface area contributed by atoms with Crippen molar-refractivity contribution in [3.8, 4) is 17.1 Å². The third-order valence-electron chi connectivity index (χ3n) is 3.94. The summed E-state index contributed by atoms with van der Waals surface area (Å²) in [6.45, 7) is 1.98. The van der Waals surface area contributed by atoms with Gasteiger partial charge in [0, 0.05) is 16.3 Å². The number of methoxy groups -OCH3 is 1. The van der Waals surface area contributed by atoms with Gasteiger partial charge >= 0.3 is 0 Å². The molecule has 0 aliphatic carbocycles. The summed E-state index contributed by atoms with van der Waals surface area (Å²) in [6.07, 6.45) is 0. The fraction of sp³-hybridized carbons (Fsp3) is 0.118. The molecule has 0 radical (unpaired) electrons. The molecule has 114 valence electrons. The van der Waals surface area contributed by atoms with E-state index in [-0.39, 0.29) is 0 Å². The molecule has 2 aromatic carbocycles. The number of nitrogens with zero attached hydrogens (tertiary/aromatic N) is 4. The number of aromatic nitrogens is 4. The van der Waals surface area contributed by atoms with Crippen molar-refractivity contribution in [3.05, 3.63) is 48.2 Å². The van der Waals surface area contributed by atoms with E-state index in [4.69, 9.17) is 10.5 Å². The Bertz CT molecular complexity index is 1040. The van der Waals surface area contributed by atoms with Crippen LogP contribution in [0, 0.1) is 6.92 Å². The molecule has 0 bridgehead atoms. The van der Waals surface area contributed by atoms with E-state index >= 15 is 0 Å². The van der Waals surface area contributed by atoms with Crippen molar-refractivity contribution >= 4 is 22.1 Å². The monoisotopic (exact) mass is 305 g/mol. The number of rotatable bonds is 2. The third kappa shape index (κ3) is 1.99. The minimum Gasteiger partial charge on any atom is -0.495 e. The second kappa shape index (κ2) is 4.95. The Hall–Kier alpha value is -3.15. The number of hydrogen-bond donors (Lipinski definition) is 1. The van der Waals surface area contributed by atoms with Crippen molar-refractivity contribution in [2.75, 3.05) is 12.8 Å². The van der Waals surface area contributed by atoms with E-state index in [1.807, 2.05) is 49.4 Å². The van der Waals surface area contributed by atoms with Crippen LogP contribution in [0.2, 0.25) is 0 Å². The standard InChI is InChI=1S/C17H15N5O/c1-10-12-5-3-4-6-13(12)17-20-19-16(22(17)21-10)11-7-8-15(23-2)14(18)9-11/h3-9H,18H2,1-2H3. The van der Waals surface area contributed by atoms with Gasteiger partial charge in [-0.05, 0) is 25.1 Å². The van der Waals surface area contributed by atoms with E-state index < -0.39 is 0 Å². The SMILES string of the molecule is COc1ccc(-c2nnc3c4ccccc4c(C)nn23)cc1N. The highest BCUT2D eigenvalue weighted by Gasteiger charge is 2.14. The smallest absolute Gasteiger partial charge is 0.186 e. The lowest BCUT2D eigenvalue weighted by molar-refractivity contribution is 0.417. The molecule has 0 amide bonds. The van der Waals surface area contributed by atoms with E-state index in [1.54, 1.807) is 11.6 Å². The van der Waals surface area contributed by atoms with E-state index in [0.29, 0.717) is 17.3 Å². The summed E-state index contributed by atoms with van der Waals surface area (Å²) >= 11 is 0. The molecule has 0 fully saturated rings. The molecule has 0 saturated heterocycles. The molecule has 6 heteroatoms. The van der Waals surface area contributed by atoms with Crippen LogP contribution < -0.4 is 10.5 Å². The molecule has 4 aromatic rings. The van der Waals surface area contributed by atoms with Crippen molar-refractivity contribution in [1.82, 2.24) is 19.8 Å². The topological polar surface area (TPSA) is 78.3 Å². The Kier molecular flexibility index (Phi) is 2.90. The summed E-state index contributed by atoms with van der Waals surface area (Å²) in [4.78, 5) is 0. The molecular weight excluding hydrogens is 290 g/mol. The number of ether oxygens (including phenoxy) is 1. The summed E-state index contributed by atoms with van der Waals surface area (Å²) in [6, 6.07) is 13.6. The second-order valence-corrected chi connectivity index (χ2v) is 5.35. The summed E-state index contributed by atoms with van der Waals surface area (Å²) in [5, 5.41) is 15.4.